The molecule has 2 amide bonds. The van der Waals surface area contributed by atoms with Crippen LogP contribution in [0.25, 0.3) is 0 Å². The maximum atomic E-state index is 11.9. The van der Waals surface area contributed by atoms with Crippen molar-refractivity contribution < 1.29 is 4.79 Å². The molecule has 4 N–H and O–H groups in total. The van der Waals surface area contributed by atoms with Crippen molar-refractivity contribution in [1.82, 2.24) is 5.32 Å². The molecule has 1 unspecified atom stereocenters. The Hall–Kier alpha value is -1.55. The molecule has 0 bridgehead atoms. The summed E-state index contributed by atoms with van der Waals surface area (Å²) in [5.41, 5.74) is 7.52. The first-order chi connectivity index (χ1) is 8.32. The van der Waals surface area contributed by atoms with E-state index in [-0.39, 0.29) is 17.5 Å². The third-order valence-corrected chi connectivity index (χ3v) is 2.86. The molecule has 0 heterocycles. The average molecular weight is 249 g/mol. The van der Waals surface area contributed by atoms with Crippen LogP contribution in [0.5, 0.6) is 0 Å². The van der Waals surface area contributed by atoms with Crippen molar-refractivity contribution >= 4 is 11.7 Å². The van der Waals surface area contributed by atoms with Crippen LogP contribution in [-0.4, -0.2) is 18.6 Å². The van der Waals surface area contributed by atoms with Gasteiger partial charge in [0, 0.05) is 18.3 Å². The van der Waals surface area contributed by atoms with Gasteiger partial charge in [0.05, 0.1) is 0 Å². The highest BCUT2D eigenvalue weighted by Crippen LogP contribution is 2.18. The fourth-order valence-electron chi connectivity index (χ4n) is 1.68. The molecule has 0 aliphatic heterocycles. The van der Waals surface area contributed by atoms with Crippen molar-refractivity contribution in [2.24, 2.45) is 11.1 Å². The second-order valence-electron chi connectivity index (χ2n) is 5.62. The second-order valence-corrected chi connectivity index (χ2v) is 5.62. The monoisotopic (exact) mass is 249 g/mol. The quantitative estimate of drug-likeness (QED) is 0.770. The Morgan fingerprint density at radius 1 is 1.39 bits per heavy atom. The molecule has 4 heteroatoms. The van der Waals surface area contributed by atoms with Crippen molar-refractivity contribution in [1.29, 1.82) is 0 Å². The summed E-state index contributed by atoms with van der Waals surface area (Å²) >= 11 is 0. The van der Waals surface area contributed by atoms with Gasteiger partial charge in [-0.2, -0.15) is 0 Å². The Labute approximate surface area is 109 Å². The molecule has 0 saturated heterocycles. The minimum Gasteiger partial charge on any atom is -0.333 e. The van der Waals surface area contributed by atoms with E-state index in [1.165, 1.54) is 0 Å². The second kappa shape index (κ2) is 5.87. The third-order valence-electron chi connectivity index (χ3n) is 2.86. The van der Waals surface area contributed by atoms with Gasteiger partial charge in [-0.3, -0.25) is 0 Å². The van der Waals surface area contributed by atoms with Gasteiger partial charge in [0.15, 0.2) is 0 Å². The number of hydrogen-bond acceptors (Lipinski definition) is 2. The molecule has 4 nitrogen and oxygen atoms in total. The zero-order chi connectivity index (χ0) is 13.8. The number of amides is 2. The number of anilines is 1. The number of carbonyl (C=O) groups excluding carboxylic acids is 1. The number of nitrogens with two attached hydrogens (primary N) is 1. The molecular weight excluding hydrogens is 226 g/mol. The summed E-state index contributed by atoms with van der Waals surface area (Å²) in [5, 5.41) is 5.71. The molecule has 1 rings (SSSR count). The van der Waals surface area contributed by atoms with Crippen LogP contribution in [0, 0.1) is 12.3 Å². The highest BCUT2D eigenvalue weighted by Gasteiger charge is 2.24. The van der Waals surface area contributed by atoms with Crippen LogP contribution in [0.2, 0.25) is 0 Å². The van der Waals surface area contributed by atoms with Crippen LogP contribution < -0.4 is 16.4 Å². The molecule has 0 aromatic heterocycles. The minimum atomic E-state index is -0.217. The topological polar surface area (TPSA) is 67.2 Å². The van der Waals surface area contributed by atoms with E-state index in [9.17, 15) is 4.79 Å². The van der Waals surface area contributed by atoms with Gasteiger partial charge in [0.2, 0.25) is 0 Å². The molecular formula is C14H23N3O. The molecule has 18 heavy (non-hydrogen) atoms. The lowest BCUT2D eigenvalue weighted by atomic mass is 9.87. The molecule has 0 aliphatic carbocycles. The molecule has 0 radical (unpaired) electrons. The minimum absolute atomic E-state index is 0.0534. The van der Waals surface area contributed by atoms with Crippen LogP contribution in [-0.2, 0) is 0 Å². The number of rotatable bonds is 3. The van der Waals surface area contributed by atoms with E-state index in [4.69, 9.17) is 5.73 Å². The lowest BCUT2D eigenvalue weighted by Gasteiger charge is -2.30. The number of aryl methyl sites for hydroxylation is 1. The van der Waals surface area contributed by atoms with E-state index in [1.807, 2.05) is 31.2 Å². The van der Waals surface area contributed by atoms with E-state index >= 15 is 0 Å². The standard InChI is InChI=1S/C14H23N3O/c1-10-6-5-7-11(8-10)16-13(18)17-12(9-15)14(2,3)4/h5-8,12H,9,15H2,1-4H3,(H2,16,17,18). The summed E-state index contributed by atoms with van der Waals surface area (Å²) in [6.45, 7) is 8.57. The maximum absolute atomic E-state index is 11.9. The predicted molar refractivity (Wildman–Crippen MR) is 75.6 cm³/mol. The maximum Gasteiger partial charge on any atom is 0.319 e. The predicted octanol–water partition coefficient (Wildman–Crippen LogP) is 2.49. The number of nitrogens with one attached hydrogen (secondary N) is 2. The van der Waals surface area contributed by atoms with Crippen molar-refractivity contribution in [3.8, 4) is 0 Å². The molecule has 100 valence electrons. The molecule has 0 fully saturated rings. The zero-order valence-corrected chi connectivity index (χ0v) is 11.6. The number of urea groups is 1. The normalized spacial score (nSPS) is 12.9. The van der Waals surface area contributed by atoms with Crippen LogP contribution >= 0.6 is 0 Å². The highest BCUT2D eigenvalue weighted by molar-refractivity contribution is 5.89. The first kappa shape index (κ1) is 14.5. The van der Waals surface area contributed by atoms with Crippen molar-refractivity contribution in [2.45, 2.75) is 33.7 Å². The molecule has 0 aliphatic rings. The van der Waals surface area contributed by atoms with Crippen LogP contribution in [0.3, 0.4) is 0 Å². The fraction of sp³-hybridized carbons (Fsp3) is 0.500. The van der Waals surface area contributed by atoms with Gasteiger partial charge in [-0.25, -0.2) is 4.79 Å². The van der Waals surface area contributed by atoms with E-state index in [0.717, 1.165) is 11.3 Å². The fourth-order valence-corrected chi connectivity index (χ4v) is 1.68. The van der Waals surface area contributed by atoms with Crippen LogP contribution in [0.1, 0.15) is 26.3 Å². The van der Waals surface area contributed by atoms with Crippen molar-refractivity contribution in [3.05, 3.63) is 29.8 Å². The molecule has 1 aromatic rings. The summed E-state index contributed by atoms with van der Waals surface area (Å²) in [5.74, 6) is 0. The lowest BCUT2D eigenvalue weighted by Crippen LogP contribution is -2.49. The Balaban J connectivity index is 2.61. The molecule has 0 saturated carbocycles. The summed E-state index contributed by atoms with van der Waals surface area (Å²) in [7, 11) is 0. The smallest absolute Gasteiger partial charge is 0.319 e. The van der Waals surface area contributed by atoms with Crippen molar-refractivity contribution in [2.75, 3.05) is 11.9 Å². The van der Waals surface area contributed by atoms with E-state index in [2.05, 4.69) is 31.4 Å². The first-order valence-corrected chi connectivity index (χ1v) is 6.17. The Bertz CT molecular complexity index is 410. The van der Waals surface area contributed by atoms with Gasteiger partial charge in [-0.15, -0.1) is 0 Å². The van der Waals surface area contributed by atoms with Gasteiger partial charge in [0.25, 0.3) is 0 Å². The van der Waals surface area contributed by atoms with Gasteiger partial charge in [-0.1, -0.05) is 32.9 Å². The van der Waals surface area contributed by atoms with E-state index in [1.54, 1.807) is 0 Å². The largest absolute Gasteiger partial charge is 0.333 e. The molecule has 0 spiro atoms. The van der Waals surface area contributed by atoms with Gasteiger partial charge < -0.3 is 16.4 Å². The number of carbonyl (C=O) groups is 1. The SMILES string of the molecule is Cc1cccc(NC(=O)NC(CN)C(C)(C)C)c1. The molecule has 1 aromatic carbocycles. The Morgan fingerprint density at radius 2 is 2.06 bits per heavy atom. The summed E-state index contributed by atoms with van der Waals surface area (Å²) in [4.78, 5) is 11.9. The summed E-state index contributed by atoms with van der Waals surface area (Å²) in [6, 6.07) is 7.42. The van der Waals surface area contributed by atoms with Crippen LogP contribution in [0.4, 0.5) is 10.5 Å². The number of benzene rings is 1. The third kappa shape index (κ3) is 4.37. The van der Waals surface area contributed by atoms with E-state index < -0.39 is 0 Å². The summed E-state index contributed by atoms with van der Waals surface area (Å²) in [6.07, 6.45) is 0. The van der Waals surface area contributed by atoms with E-state index in [0.29, 0.717) is 6.54 Å². The van der Waals surface area contributed by atoms with Gasteiger partial charge in [-0.05, 0) is 30.0 Å². The first-order valence-electron chi connectivity index (χ1n) is 6.17. The Morgan fingerprint density at radius 3 is 2.56 bits per heavy atom. The average Bonchev–Trinajstić information content (AvgIpc) is 2.24. The zero-order valence-electron chi connectivity index (χ0n) is 11.6. The van der Waals surface area contributed by atoms with Crippen molar-refractivity contribution in [3.63, 3.8) is 0 Å². The highest BCUT2D eigenvalue weighted by atomic mass is 16.2. The van der Waals surface area contributed by atoms with Crippen LogP contribution in [0.15, 0.2) is 24.3 Å². The van der Waals surface area contributed by atoms with Gasteiger partial charge >= 0.3 is 6.03 Å². The molecule has 1 atom stereocenters. The van der Waals surface area contributed by atoms with Gasteiger partial charge in [0.1, 0.15) is 0 Å². The number of hydrogen-bond donors (Lipinski definition) is 3. The summed E-state index contributed by atoms with van der Waals surface area (Å²) < 4.78 is 0. The Kier molecular flexibility index (Phi) is 4.73. The lowest BCUT2D eigenvalue weighted by molar-refractivity contribution is 0.230.